The quantitative estimate of drug-likeness (QED) is 0.598. The Hall–Kier alpha value is -2.14. The molecule has 0 fully saturated rings. The number of sulfonamides is 2. The zero-order chi connectivity index (χ0) is 20.1. The first-order chi connectivity index (χ1) is 12.7. The molecular formula is C17H22N2O6S2. The molecule has 27 heavy (non-hydrogen) atoms. The van der Waals surface area contributed by atoms with Gasteiger partial charge in [0.25, 0.3) is 0 Å². The monoisotopic (exact) mass is 414 g/mol. The van der Waals surface area contributed by atoms with Crippen LogP contribution in [0.1, 0.15) is 5.56 Å². The van der Waals surface area contributed by atoms with Crippen molar-refractivity contribution < 1.29 is 26.3 Å². The Morgan fingerprint density at radius 2 is 1.22 bits per heavy atom. The fourth-order valence-corrected chi connectivity index (χ4v) is 4.32. The summed E-state index contributed by atoms with van der Waals surface area (Å²) in [5, 5.41) is 0. The summed E-state index contributed by atoms with van der Waals surface area (Å²) in [6.07, 6.45) is 0. The van der Waals surface area contributed by atoms with E-state index in [1.807, 2.05) is 6.92 Å². The molecule has 0 aliphatic heterocycles. The highest BCUT2D eigenvalue weighted by molar-refractivity contribution is 7.89. The molecule has 0 atom stereocenters. The summed E-state index contributed by atoms with van der Waals surface area (Å²) >= 11 is 0. The van der Waals surface area contributed by atoms with Gasteiger partial charge in [0.05, 0.1) is 24.0 Å². The highest BCUT2D eigenvalue weighted by Gasteiger charge is 2.18. The molecule has 0 saturated heterocycles. The van der Waals surface area contributed by atoms with Crippen LogP contribution in [-0.4, -0.2) is 44.1 Å². The van der Waals surface area contributed by atoms with Crippen molar-refractivity contribution in [1.82, 2.24) is 9.44 Å². The zero-order valence-electron chi connectivity index (χ0n) is 15.2. The van der Waals surface area contributed by atoms with Crippen LogP contribution in [0.5, 0.6) is 11.5 Å². The van der Waals surface area contributed by atoms with E-state index in [1.54, 1.807) is 12.1 Å². The lowest BCUT2D eigenvalue weighted by atomic mass is 10.2. The van der Waals surface area contributed by atoms with E-state index in [-0.39, 0.29) is 28.6 Å². The van der Waals surface area contributed by atoms with Crippen molar-refractivity contribution in [3.05, 3.63) is 48.0 Å². The second-order valence-electron chi connectivity index (χ2n) is 5.63. The average Bonchev–Trinajstić information content (AvgIpc) is 2.65. The number of aryl methyl sites for hydroxylation is 1. The topological polar surface area (TPSA) is 111 Å². The van der Waals surface area contributed by atoms with Gasteiger partial charge in [0.1, 0.15) is 0 Å². The van der Waals surface area contributed by atoms with Gasteiger partial charge in [0.2, 0.25) is 20.0 Å². The molecule has 0 amide bonds. The number of rotatable bonds is 9. The minimum absolute atomic E-state index is 0.0125. The van der Waals surface area contributed by atoms with Crippen LogP contribution >= 0.6 is 0 Å². The molecule has 0 saturated carbocycles. The molecule has 2 aromatic rings. The number of ether oxygens (including phenoxy) is 2. The summed E-state index contributed by atoms with van der Waals surface area (Å²) in [6.45, 7) is 1.65. The molecule has 0 aliphatic carbocycles. The van der Waals surface area contributed by atoms with E-state index in [0.29, 0.717) is 5.75 Å². The molecule has 0 aliphatic rings. The van der Waals surface area contributed by atoms with Gasteiger partial charge in [0.15, 0.2) is 11.5 Å². The van der Waals surface area contributed by atoms with Crippen LogP contribution in [0.25, 0.3) is 0 Å². The molecule has 0 aromatic heterocycles. The Morgan fingerprint density at radius 1 is 0.741 bits per heavy atom. The summed E-state index contributed by atoms with van der Waals surface area (Å²) in [6, 6.07) is 10.5. The van der Waals surface area contributed by atoms with Gasteiger partial charge in [-0.15, -0.1) is 0 Å². The van der Waals surface area contributed by atoms with E-state index in [4.69, 9.17) is 9.47 Å². The number of nitrogens with one attached hydrogen (secondary N) is 2. The summed E-state index contributed by atoms with van der Waals surface area (Å²) < 4.78 is 63.9. The van der Waals surface area contributed by atoms with Gasteiger partial charge in [0, 0.05) is 19.2 Å². The Morgan fingerprint density at radius 3 is 1.74 bits per heavy atom. The lowest BCUT2D eigenvalue weighted by Crippen LogP contribution is -2.34. The second kappa shape index (κ2) is 8.70. The lowest BCUT2D eigenvalue weighted by molar-refractivity contribution is 0.354. The van der Waals surface area contributed by atoms with Crippen molar-refractivity contribution in [1.29, 1.82) is 0 Å². The second-order valence-corrected chi connectivity index (χ2v) is 9.16. The van der Waals surface area contributed by atoms with Crippen LogP contribution in [0.2, 0.25) is 0 Å². The maximum Gasteiger partial charge on any atom is 0.240 e. The van der Waals surface area contributed by atoms with Gasteiger partial charge in [-0.2, -0.15) is 0 Å². The van der Waals surface area contributed by atoms with Gasteiger partial charge < -0.3 is 9.47 Å². The fourth-order valence-electron chi connectivity index (χ4n) is 2.24. The molecule has 10 heteroatoms. The van der Waals surface area contributed by atoms with Crippen LogP contribution in [0, 0.1) is 6.92 Å². The Kier molecular flexibility index (Phi) is 6.82. The van der Waals surface area contributed by atoms with E-state index in [9.17, 15) is 16.8 Å². The summed E-state index contributed by atoms with van der Waals surface area (Å²) in [7, 11) is -4.67. The van der Waals surface area contributed by atoms with Gasteiger partial charge in [-0.3, -0.25) is 0 Å². The normalized spacial score (nSPS) is 12.0. The number of methoxy groups -OCH3 is 2. The minimum atomic E-state index is -3.83. The van der Waals surface area contributed by atoms with E-state index >= 15 is 0 Å². The maximum absolute atomic E-state index is 12.3. The highest BCUT2D eigenvalue weighted by atomic mass is 32.2. The van der Waals surface area contributed by atoms with Crippen LogP contribution in [0.3, 0.4) is 0 Å². The van der Waals surface area contributed by atoms with E-state index in [0.717, 1.165) is 5.56 Å². The van der Waals surface area contributed by atoms with Gasteiger partial charge >= 0.3 is 0 Å². The average molecular weight is 415 g/mol. The standard InChI is InChI=1S/C17H22N2O6S2/c1-13-4-6-14(7-5-13)26(20,21)18-10-11-19-27(22,23)15-8-9-16(24-2)17(12-15)25-3/h4-9,12,18-19H,10-11H2,1-3H3. The first kappa shape index (κ1) is 21.2. The van der Waals surface area contributed by atoms with E-state index in [1.165, 1.54) is 44.6 Å². The molecular weight excluding hydrogens is 392 g/mol. The molecule has 148 valence electrons. The van der Waals surface area contributed by atoms with E-state index < -0.39 is 20.0 Å². The van der Waals surface area contributed by atoms with Gasteiger partial charge in [-0.25, -0.2) is 26.3 Å². The minimum Gasteiger partial charge on any atom is -0.493 e. The molecule has 0 bridgehead atoms. The lowest BCUT2D eigenvalue weighted by Gasteiger charge is -2.11. The SMILES string of the molecule is COc1ccc(S(=O)(=O)NCCNS(=O)(=O)c2ccc(C)cc2)cc1OC. The third-order valence-corrected chi connectivity index (χ3v) is 6.64. The van der Waals surface area contributed by atoms with Crippen molar-refractivity contribution in [2.24, 2.45) is 0 Å². The molecule has 2 aromatic carbocycles. The van der Waals surface area contributed by atoms with Crippen LogP contribution in [0.15, 0.2) is 52.3 Å². The summed E-state index contributed by atoms with van der Waals surface area (Å²) in [5.74, 6) is 0.683. The third-order valence-electron chi connectivity index (χ3n) is 3.71. The molecule has 0 heterocycles. The Balaban J connectivity index is 1.99. The van der Waals surface area contributed by atoms with Crippen LogP contribution in [-0.2, 0) is 20.0 Å². The molecule has 8 nitrogen and oxygen atoms in total. The molecule has 0 radical (unpaired) electrons. The van der Waals surface area contributed by atoms with Crippen molar-refractivity contribution in [2.75, 3.05) is 27.3 Å². The third kappa shape index (κ3) is 5.42. The number of hydrogen-bond acceptors (Lipinski definition) is 6. The Bertz CT molecular complexity index is 987. The highest BCUT2D eigenvalue weighted by Crippen LogP contribution is 2.29. The predicted molar refractivity (Wildman–Crippen MR) is 101 cm³/mol. The molecule has 2 rings (SSSR count). The Labute approximate surface area is 159 Å². The molecule has 0 unspecified atom stereocenters. The van der Waals surface area contributed by atoms with Crippen molar-refractivity contribution >= 4 is 20.0 Å². The van der Waals surface area contributed by atoms with Crippen LogP contribution < -0.4 is 18.9 Å². The zero-order valence-corrected chi connectivity index (χ0v) is 16.9. The van der Waals surface area contributed by atoms with Crippen molar-refractivity contribution in [3.8, 4) is 11.5 Å². The summed E-state index contributed by atoms with van der Waals surface area (Å²) in [5.41, 5.74) is 0.941. The molecule has 0 spiro atoms. The number of benzene rings is 2. The smallest absolute Gasteiger partial charge is 0.240 e. The predicted octanol–water partition coefficient (Wildman–Crippen LogP) is 1.27. The largest absolute Gasteiger partial charge is 0.493 e. The van der Waals surface area contributed by atoms with Crippen molar-refractivity contribution in [3.63, 3.8) is 0 Å². The van der Waals surface area contributed by atoms with Gasteiger partial charge in [-0.05, 0) is 31.2 Å². The first-order valence-corrected chi connectivity index (χ1v) is 10.9. The number of hydrogen-bond donors (Lipinski definition) is 2. The van der Waals surface area contributed by atoms with Gasteiger partial charge in [-0.1, -0.05) is 17.7 Å². The summed E-state index contributed by atoms with van der Waals surface area (Å²) in [4.78, 5) is 0.109. The van der Waals surface area contributed by atoms with Crippen molar-refractivity contribution in [2.45, 2.75) is 16.7 Å². The maximum atomic E-state index is 12.3. The van der Waals surface area contributed by atoms with E-state index in [2.05, 4.69) is 9.44 Å². The first-order valence-electron chi connectivity index (χ1n) is 7.97. The fraction of sp³-hybridized carbons (Fsp3) is 0.294. The van der Waals surface area contributed by atoms with Crippen LogP contribution in [0.4, 0.5) is 0 Å². The molecule has 2 N–H and O–H groups in total.